The van der Waals surface area contributed by atoms with E-state index >= 15 is 0 Å². The summed E-state index contributed by atoms with van der Waals surface area (Å²) in [6.07, 6.45) is -2.53. The Kier molecular flexibility index (Phi) is 7.55. The number of rotatable bonds is 5. The normalized spacial score (nSPS) is 16.2. The molecule has 5 rings (SSSR count). The molecule has 4 heterocycles. The Balaban J connectivity index is 1.52. The highest BCUT2D eigenvalue weighted by Gasteiger charge is 2.34. The Morgan fingerprint density at radius 2 is 1.88 bits per heavy atom. The van der Waals surface area contributed by atoms with Crippen LogP contribution in [0, 0.1) is 12.7 Å². The molecule has 2 amide bonds. The van der Waals surface area contributed by atoms with Gasteiger partial charge in [0, 0.05) is 44.5 Å². The zero-order chi connectivity index (χ0) is 29.5. The highest BCUT2D eigenvalue weighted by Crippen LogP contribution is 2.32. The number of nitrogens with one attached hydrogen (secondary N) is 1. The standard InChI is InChI=1S/C26H27F4N7O4/c1-15-22(35-9-7-34(8-10-35)16(2)38)24(40)37-25(32-23(33-37)17-5-11-41-12-6-17)36(15)14-21(39)31-18-3-4-19(20(27)13-18)26(28,29)30/h3-5,13H,6-12,14H2,1-2H3,(H,31,39). The maximum atomic E-state index is 14.1. The Hall–Kier alpha value is -4.27. The number of hydrogen-bond donors (Lipinski definition) is 1. The van der Waals surface area contributed by atoms with Gasteiger partial charge in [0.25, 0.3) is 5.56 Å². The SMILES string of the molecule is CC(=O)N1CCN(c2c(C)n(CC(=O)Nc3ccc(C(F)(F)F)c(F)c3)c3nc(C4=CCOCC4)nn3c2=O)CC1. The molecular formula is C26H27F4N7O4. The third-order valence-electron chi connectivity index (χ3n) is 7.13. The van der Waals surface area contributed by atoms with Crippen molar-refractivity contribution in [2.24, 2.45) is 0 Å². The number of halogens is 4. The van der Waals surface area contributed by atoms with E-state index in [2.05, 4.69) is 15.4 Å². The van der Waals surface area contributed by atoms with Gasteiger partial charge in [-0.05, 0) is 37.1 Å². The second-order valence-corrected chi connectivity index (χ2v) is 9.76. The molecule has 15 heteroatoms. The molecule has 3 aromatic rings. The molecule has 41 heavy (non-hydrogen) atoms. The molecule has 0 bridgehead atoms. The number of fused-ring (bicyclic) bond motifs is 1. The smallest absolute Gasteiger partial charge is 0.377 e. The quantitative estimate of drug-likeness (QED) is 0.464. The van der Waals surface area contributed by atoms with Gasteiger partial charge in [0.1, 0.15) is 18.0 Å². The molecule has 0 unspecified atom stereocenters. The fourth-order valence-electron chi connectivity index (χ4n) is 4.98. The first-order valence-corrected chi connectivity index (χ1v) is 12.9. The van der Waals surface area contributed by atoms with Gasteiger partial charge in [-0.1, -0.05) is 6.08 Å². The van der Waals surface area contributed by atoms with Gasteiger partial charge in [0.05, 0.1) is 18.8 Å². The molecule has 2 aromatic heterocycles. The number of alkyl halides is 3. The summed E-state index contributed by atoms with van der Waals surface area (Å²) in [4.78, 5) is 46.6. The van der Waals surface area contributed by atoms with Crippen LogP contribution in [-0.2, 0) is 27.0 Å². The molecule has 2 aliphatic rings. The fourth-order valence-corrected chi connectivity index (χ4v) is 4.98. The van der Waals surface area contributed by atoms with Crippen molar-refractivity contribution in [2.45, 2.75) is 33.0 Å². The summed E-state index contributed by atoms with van der Waals surface area (Å²) in [5.41, 5.74) is -0.572. The van der Waals surface area contributed by atoms with Crippen LogP contribution in [0.2, 0.25) is 0 Å². The fraction of sp³-hybridized carbons (Fsp3) is 0.423. The number of hydrogen-bond acceptors (Lipinski definition) is 7. The van der Waals surface area contributed by atoms with E-state index in [0.29, 0.717) is 69.5 Å². The minimum Gasteiger partial charge on any atom is -0.377 e. The molecule has 218 valence electrons. The summed E-state index contributed by atoms with van der Waals surface area (Å²) in [7, 11) is 0. The Morgan fingerprint density at radius 1 is 1.15 bits per heavy atom. The monoisotopic (exact) mass is 577 g/mol. The van der Waals surface area contributed by atoms with E-state index in [-0.39, 0.29) is 29.6 Å². The first-order chi connectivity index (χ1) is 19.4. The maximum Gasteiger partial charge on any atom is 0.419 e. The summed E-state index contributed by atoms with van der Waals surface area (Å²) in [6, 6.07) is 2.12. The number of benzene rings is 1. The van der Waals surface area contributed by atoms with Gasteiger partial charge in [-0.25, -0.2) is 4.39 Å². The second kappa shape index (κ2) is 11.0. The van der Waals surface area contributed by atoms with Crippen molar-refractivity contribution in [3.8, 4) is 0 Å². The van der Waals surface area contributed by atoms with Crippen LogP contribution >= 0.6 is 0 Å². The molecule has 1 N–H and O–H groups in total. The van der Waals surface area contributed by atoms with Crippen molar-refractivity contribution in [2.75, 3.05) is 49.6 Å². The molecular weight excluding hydrogens is 550 g/mol. The van der Waals surface area contributed by atoms with Gasteiger partial charge in [0.15, 0.2) is 5.82 Å². The molecule has 0 atom stereocenters. The molecule has 0 aliphatic carbocycles. The van der Waals surface area contributed by atoms with Crippen LogP contribution in [0.15, 0.2) is 29.1 Å². The summed E-state index contributed by atoms with van der Waals surface area (Å²) in [5, 5.41) is 6.86. The molecule has 1 saturated heterocycles. The van der Waals surface area contributed by atoms with E-state index in [1.54, 1.807) is 11.8 Å². The lowest BCUT2D eigenvalue weighted by Crippen LogP contribution is -2.50. The van der Waals surface area contributed by atoms with Gasteiger partial charge in [-0.3, -0.25) is 14.4 Å². The average molecular weight is 578 g/mol. The molecule has 0 radical (unpaired) electrons. The zero-order valence-electron chi connectivity index (χ0n) is 22.3. The van der Waals surface area contributed by atoms with Gasteiger partial charge < -0.3 is 24.4 Å². The van der Waals surface area contributed by atoms with Crippen molar-refractivity contribution in [3.05, 3.63) is 57.5 Å². The molecule has 0 saturated carbocycles. The number of carbonyl (C=O) groups is 2. The van der Waals surface area contributed by atoms with Gasteiger partial charge in [-0.15, -0.1) is 5.10 Å². The van der Waals surface area contributed by atoms with Gasteiger partial charge in [0.2, 0.25) is 17.6 Å². The molecule has 11 nitrogen and oxygen atoms in total. The number of ether oxygens (including phenoxy) is 1. The molecule has 2 aliphatic heterocycles. The van der Waals surface area contributed by atoms with E-state index < -0.39 is 29.0 Å². The number of amides is 2. The minimum atomic E-state index is -4.87. The van der Waals surface area contributed by atoms with Gasteiger partial charge in [-0.2, -0.15) is 22.7 Å². The van der Waals surface area contributed by atoms with E-state index in [1.165, 1.54) is 11.5 Å². The lowest BCUT2D eigenvalue weighted by Gasteiger charge is -2.36. The van der Waals surface area contributed by atoms with Crippen molar-refractivity contribution >= 4 is 34.5 Å². The van der Waals surface area contributed by atoms with E-state index in [9.17, 15) is 31.9 Å². The van der Waals surface area contributed by atoms with Crippen molar-refractivity contribution < 1.29 is 31.9 Å². The highest BCUT2D eigenvalue weighted by atomic mass is 19.4. The van der Waals surface area contributed by atoms with Crippen molar-refractivity contribution in [3.63, 3.8) is 0 Å². The van der Waals surface area contributed by atoms with Crippen molar-refractivity contribution in [1.29, 1.82) is 0 Å². The van der Waals surface area contributed by atoms with Gasteiger partial charge >= 0.3 is 6.18 Å². The van der Waals surface area contributed by atoms with E-state index in [1.807, 2.05) is 11.0 Å². The number of anilines is 2. The van der Waals surface area contributed by atoms with Crippen LogP contribution in [0.4, 0.5) is 28.9 Å². The predicted octanol–water partition coefficient (Wildman–Crippen LogP) is 2.47. The Morgan fingerprint density at radius 3 is 2.49 bits per heavy atom. The number of carbonyl (C=O) groups excluding carboxylic acids is 2. The van der Waals surface area contributed by atoms with Crippen LogP contribution in [0.25, 0.3) is 11.4 Å². The zero-order valence-corrected chi connectivity index (χ0v) is 22.3. The Bertz CT molecular complexity index is 1600. The Labute approximate surface area is 231 Å². The summed E-state index contributed by atoms with van der Waals surface area (Å²) in [5.74, 6) is -1.87. The maximum absolute atomic E-state index is 14.1. The number of piperazine rings is 1. The lowest BCUT2D eigenvalue weighted by molar-refractivity contribution is -0.140. The van der Waals surface area contributed by atoms with Crippen LogP contribution in [-0.4, -0.2) is 75.3 Å². The minimum absolute atomic E-state index is 0.0729. The van der Waals surface area contributed by atoms with Crippen LogP contribution in [0.5, 0.6) is 0 Å². The van der Waals surface area contributed by atoms with Crippen LogP contribution in [0.1, 0.15) is 30.4 Å². The topological polar surface area (TPSA) is 114 Å². The molecule has 1 fully saturated rings. The summed E-state index contributed by atoms with van der Waals surface area (Å²) < 4.78 is 60.9. The van der Waals surface area contributed by atoms with Crippen LogP contribution < -0.4 is 15.8 Å². The molecule has 1 aromatic carbocycles. The lowest BCUT2D eigenvalue weighted by atomic mass is 10.1. The number of nitrogens with zero attached hydrogens (tertiary/aromatic N) is 6. The highest BCUT2D eigenvalue weighted by molar-refractivity contribution is 5.91. The summed E-state index contributed by atoms with van der Waals surface area (Å²) >= 11 is 0. The van der Waals surface area contributed by atoms with E-state index in [4.69, 9.17) is 4.74 Å². The first-order valence-electron chi connectivity index (χ1n) is 12.9. The predicted molar refractivity (Wildman–Crippen MR) is 140 cm³/mol. The third-order valence-corrected chi connectivity index (χ3v) is 7.13. The van der Waals surface area contributed by atoms with Crippen molar-refractivity contribution in [1.82, 2.24) is 24.1 Å². The van der Waals surface area contributed by atoms with Crippen LogP contribution in [0.3, 0.4) is 0 Å². The number of aromatic nitrogens is 4. The second-order valence-electron chi connectivity index (χ2n) is 9.76. The first kappa shape index (κ1) is 28.3. The average Bonchev–Trinajstić information content (AvgIpc) is 3.37. The molecule has 0 spiro atoms. The summed E-state index contributed by atoms with van der Waals surface area (Å²) in [6.45, 7) is 5.13. The van der Waals surface area contributed by atoms with E-state index in [0.717, 1.165) is 16.2 Å². The third kappa shape index (κ3) is 5.66. The largest absolute Gasteiger partial charge is 0.419 e.